The van der Waals surface area contributed by atoms with Crippen LogP contribution in [0.5, 0.6) is 0 Å². The SMILES string of the molecule is Cc1cccc(C(=O)N2CCCC(C(=O)Nc3ccccc3C)C2)c1. The summed E-state index contributed by atoms with van der Waals surface area (Å²) < 4.78 is 0. The molecule has 1 fully saturated rings. The lowest BCUT2D eigenvalue weighted by Crippen LogP contribution is -2.43. The Bertz CT molecular complexity index is 785. The molecule has 1 heterocycles. The molecule has 1 unspecified atom stereocenters. The van der Waals surface area contributed by atoms with E-state index in [9.17, 15) is 9.59 Å². The molecule has 0 saturated carbocycles. The number of amides is 2. The molecule has 0 bridgehead atoms. The zero-order valence-electron chi connectivity index (χ0n) is 14.8. The molecule has 2 aromatic rings. The summed E-state index contributed by atoms with van der Waals surface area (Å²) in [5, 5.41) is 3.01. The summed E-state index contributed by atoms with van der Waals surface area (Å²) in [7, 11) is 0. The summed E-state index contributed by atoms with van der Waals surface area (Å²) in [6.45, 7) is 5.14. The van der Waals surface area contributed by atoms with Gasteiger partial charge in [-0.1, -0.05) is 35.9 Å². The normalized spacial score (nSPS) is 17.2. The van der Waals surface area contributed by atoms with Gasteiger partial charge in [0, 0.05) is 24.3 Å². The van der Waals surface area contributed by atoms with Gasteiger partial charge in [0.15, 0.2) is 0 Å². The molecule has 0 aromatic heterocycles. The summed E-state index contributed by atoms with van der Waals surface area (Å²) in [5.74, 6) is -0.157. The lowest BCUT2D eigenvalue weighted by molar-refractivity contribution is -0.121. The average molecular weight is 336 g/mol. The molecular weight excluding hydrogens is 312 g/mol. The maximum absolute atomic E-state index is 12.7. The van der Waals surface area contributed by atoms with Crippen LogP contribution in [0.25, 0.3) is 0 Å². The minimum Gasteiger partial charge on any atom is -0.338 e. The van der Waals surface area contributed by atoms with Gasteiger partial charge in [0.2, 0.25) is 5.91 Å². The molecule has 2 aromatic carbocycles. The van der Waals surface area contributed by atoms with Crippen molar-refractivity contribution in [2.75, 3.05) is 18.4 Å². The number of nitrogens with one attached hydrogen (secondary N) is 1. The number of nitrogens with zero attached hydrogens (tertiary/aromatic N) is 1. The van der Waals surface area contributed by atoms with Gasteiger partial charge in [-0.25, -0.2) is 0 Å². The number of likely N-dealkylation sites (tertiary alicyclic amines) is 1. The Morgan fingerprint density at radius 3 is 2.64 bits per heavy atom. The summed E-state index contributed by atoms with van der Waals surface area (Å²) in [5.41, 5.74) is 3.64. The molecule has 1 aliphatic heterocycles. The van der Waals surface area contributed by atoms with Crippen LogP contribution in [0.1, 0.15) is 34.3 Å². The van der Waals surface area contributed by atoms with E-state index >= 15 is 0 Å². The zero-order valence-corrected chi connectivity index (χ0v) is 14.8. The molecule has 1 N–H and O–H groups in total. The van der Waals surface area contributed by atoms with Crippen LogP contribution in [0.15, 0.2) is 48.5 Å². The van der Waals surface area contributed by atoms with Crippen molar-refractivity contribution in [1.29, 1.82) is 0 Å². The standard InChI is InChI=1S/C21H24N2O2/c1-15-7-5-9-17(13-15)21(25)23-12-6-10-18(14-23)20(24)22-19-11-4-3-8-16(19)2/h3-5,7-9,11,13,18H,6,10,12,14H2,1-2H3,(H,22,24). The second-order valence-corrected chi connectivity index (χ2v) is 6.76. The fourth-order valence-corrected chi connectivity index (χ4v) is 3.28. The first kappa shape index (κ1) is 17.2. The van der Waals surface area contributed by atoms with Crippen molar-refractivity contribution in [3.05, 3.63) is 65.2 Å². The van der Waals surface area contributed by atoms with Crippen LogP contribution in [-0.4, -0.2) is 29.8 Å². The van der Waals surface area contributed by atoms with E-state index in [1.807, 2.05) is 62.4 Å². The van der Waals surface area contributed by atoms with Gasteiger partial charge in [-0.15, -0.1) is 0 Å². The van der Waals surface area contributed by atoms with Gasteiger partial charge in [0.1, 0.15) is 0 Å². The van der Waals surface area contributed by atoms with Crippen molar-refractivity contribution in [2.24, 2.45) is 5.92 Å². The smallest absolute Gasteiger partial charge is 0.253 e. The second kappa shape index (κ2) is 7.51. The maximum atomic E-state index is 12.7. The average Bonchev–Trinajstić information content (AvgIpc) is 2.63. The van der Waals surface area contributed by atoms with Crippen LogP contribution in [-0.2, 0) is 4.79 Å². The Balaban J connectivity index is 1.67. The first-order valence-corrected chi connectivity index (χ1v) is 8.77. The topological polar surface area (TPSA) is 49.4 Å². The highest BCUT2D eigenvalue weighted by molar-refractivity contribution is 5.96. The lowest BCUT2D eigenvalue weighted by Gasteiger charge is -2.32. The molecule has 130 valence electrons. The molecular formula is C21H24N2O2. The highest BCUT2D eigenvalue weighted by atomic mass is 16.2. The van der Waals surface area contributed by atoms with Crippen LogP contribution in [0.2, 0.25) is 0 Å². The fraction of sp³-hybridized carbons (Fsp3) is 0.333. The number of anilines is 1. The van der Waals surface area contributed by atoms with Gasteiger partial charge >= 0.3 is 0 Å². The van der Waals surface area contributed by atoms with Crippen molar-refractivity contribution >= 4 is 17.5 Å². The predicted molar refractivity (Wildman–Crippen MR) is 99.6 cm³/mol. The van der Waals surface area contributed by atoms with Gasteiger partial charge in [0.05, 0.1) is 5.92 Å². The molecule has 4 nitrogen and oxygen atoms in total. The molecule has 1 saturated heterocycles. The first-order chi connectivity index (χ1) is 12.0. The van der Waals surface area contributed by atoms with Crippen molar-refractivity contribution in [2.45, 2.75) is 26.7 Å². The molecule has 0 radical (unpaired) electrons. The molecule has 0 spiro atoms. The second-order valence-electron chi connectivity index (χ2n) is 6.76. The minimum absolute atomic E-state index is 0.00366. The molecule has 25 heavy (non-hydrogen) atoms. The number of para-hydroxylation sites is 1. The van der Waals surface area contributed by atoms with Crippen molar-refractivity contribution < 1.29 is 9.59 Å². The van der Waals surface area contributed by atoms with E-state index in [1.165, 1.54) is 0 Å². The zero-order chi connectivity index (χ0) is 17.8. The Hall–Kier alpha value is -2.62. The third-order valence-electron chi connectivity index (χ3n) is 4.75. The Morgan fingerprint density at radius 1 is 1.08 bits per heavy atom. The summed E-state index contributed by atoms with van der Waals surface area (Å²) in [4.78, 5) is 27.2. The van der Waals surface area contributed by atoms with Gasteiger partial charge in [-0.2, -0.15) is 0 Å². The van der Waals surface area contributed by atoms with Gasteiger partial charge < -0.3 is 10.2 Å². The highest BCUT2D eigenvalue weighted by Gasteiger charge is 2.29. The number of rotatable bonds is 3. The molecule has 1 aliphatic rings. The van der Waals surface area contributed by atoms with E-state index in [2.05, 4.69) is 5.32 Å². The molecule has 3 rings (SSSR count). The summed E-state index contributed by atoms with van der Waals surface area (Å²) in [6, 6.07) is 15.4. The highest BCUT2D eigenvalue weighted by Crippen LogP contribution is 2.22. The van der Waals surface area contributed by atoms with Crippen LogP contribution in [0.3, 0.4) is 0 Å². The van der Waals surface area contributed by atoms with Crippen LogP contribution in [0.4, 0.5) is 5.69 Å². The minimum atomic E-state index is -0.165. The number of carbonyl (C=O) groups excluding carboxylic acids is 2. The van der Waals surface area contributed by atoms with Crippen molar-refractivity contribution in [1.82, 2.24) is 4.90 Å². The number of hydrogen-bond donors (Lipinski definition) is 1. The lowest BCUT2D eigenvalue weighted by atomic mass is 9.96. The fourth-order valence-electron chi connectivity index (χ4n) is 3.28. The third kappa shape index (κ3) is 4.08. The van der Waals surface area contributed by atoms with E-state index in [-0.39, 0.29) is 17.7 Å². The van der Waals surface area contributed by atoms with E-state index in [0.29, 0.717) is 18.7 Å². The van der Waals surface area contributed by atoms with Crippen LogP contribution in [0, 0.1) is 19.8 Å². The Labute approximate surface area is 148 Å². The van der Waals surface area contributed by atoms with E-state index in [4.69, 9.17) is 0 Å². The monoisotopic (exact) mass is 336 g/mol. The van der Waals surface area contributed by atoms with E-state index < -0.39 is 0 Å². The first-order valence-electron chi connectivity index (χ1n) is 8.77. The van der Waals surface area contributed by atoms with E-state index in [0.717, 1.165) is 29.7 Å². The molecule has 1 atom stereocenters. The van der Waals surface area contributed by atoms with Crippen molar-refractivity contribution in [3.63, 3.8) is 0 Å². The Kier molecular flexibility index (Phi) is 5.17. The number of carbonyl (C=O) groups is 2. The van der Waals surface area contributed by atoms with Crippen LogP contribution < -0.4 is 5.32 Å². The third-order valence-corrected chi connectivity index (χ3v) is 4.75. The van der Waals surface area contributed by atoms with Crippen LogP contribution >= 0.6 is 0 Å². The summed E-state index contributed by atoms with van der Waals surface area (Å²) in [6.07, 6.45) is 1.67. The van der Waals surface area contributed by atoms with Crippen molar-refractivity contribution in [3.8, 4) is 0 Å². The number of benzene rings is 2. The molecule has 0 aliphatic carbocycles. The largest absolute Gasteiger partial charge is 0.338 e. The number of aryl methyl sites for hydroxylation is 2. The van der Waals surface area contributed by atoms with Gasteiger partial charge in [-0.05, 0) is 50.5 Å². The summed E-state index contributed by atoms with van der Waals surface area (Å²) >= 11 is 0. The number of piperidine rings is 1. The predicted octanol–water partition coefficient (Wildman–Crippen LogP) is 3.79. The maximum Gasteiger partial charge on any atom is 0.253 e. The van der Waals surface area contributed by atoms with E-state index in [1.54, 1.807) is 4.90 Å². The number of hydrogen-bond acceptors (Lipinski definition) is 2. The molecule has 2 amide bonds. The van der Waals surface area contributed by atoms with Gasteiger partial charge in [-0.3, -0.25) is 9.59 Å². The molecule has 4 heteroatoms. The van der Waals surface area contributed by atoms with Gasteiger partial charge in [0.25, 0.3) is 5.91 Å². The Morgan fingerprint density at radius 2 is 1.88 bits per heavy atom. The quantitative estimate of drug-likeness (QED) is 0.927.